The summed E-state index contributed by atoms with van der Waals surface area (Å²) in [4.78, 5) is 12.5. The Balaban J connectivity index is 0.00000300. The van der Waals surface area contributed by atoms with Gasteiger partial charge in [0, 0.05) is 25.1 Å². The van der Waals surface area contributed by atoms with Crippen molar-refractivity contribution in [3.05, 3.63) is 57.0 Å². The molecule has 1 aliphatic heterocycles. The minimum Gasteiger partial charge on any atom is -0.619 e. The summed E-state index contributed by atoms with van der Waals surface area (Å²) in [5.41, 5.74) is 1.22. The molecule has 0 spiro atoms. The Morgan fingerprint density at radius 2 is 1.83 bits per heavy atom. The minimum absolute atomic E-state index is 0. The molecular formula is C19H21Cl3N2O5. The topological polar surface area (TPSA) is 83.7 Å². The molecule has 1 aromatic carbocycles. The maximum Gasteiger partial charge on any atom is 0.312 e. The first kappa shape index (κ1) is 23.3. The molecule has 2 heterocycles. The predicted octanol–water partition coefficient (Wildman–Crippen LogP) is 3.11. The Morgan fingerprint density at radius 1 is 1.21 bits per heavy atom. The molecule has 1 unspecified atom stereocenters. The third kappa shape index (κ3) is 5.36. The van der Waals surface area contributed by atoms with Crippen molar-refractivity contribution in [2.45, 2.75) is 12.5 Å². The van der Waals surface area contributed by atoms with Gasteiger partial charge in [-0.3, -0.25) is 4.79 Å². The molecule has 7 nitrogen and oxygen atoms in total. The number of hydrogen-bond acceptors (Lipinski definition) is 6. The van der Waals surface area contributed by atoms with Crippen molar-refractivity contribution in [2.24, 2.45) is 5.92 Å². The number of methoxy groups -OCH3 is 2. The molecule has 0 bridgehead atoms. The summed E-state index contributed by atoms with van der Waals surface area (Å²) >= 11 is 12.4. The van der Waals surface area contributed by atoms with Gasteiger partial charge in [-0.2, -0.15) is 4.73 Å². The van der Waals surface area contributed by atoms with Crippen LogP contribution in [0.5, 0.6) is 11.5 Å². The molecule has 0 radical (unpaired) electrons. The number of halogens is 3. The molecule has 1 atom stereocenters. The Bertz CT molecular complexity index is 854. The largest absolute Gasteiger partial charge is 0.619 e. The van der Waals surface area contributed by atoms with Crippen molar-refractivity contribution in [1.29, 1.82) is 0 Å². The van der Waals surface area contributed by atoms with E-state index < -0.39 is 6.10 Å². The fraction of sp³-hybridized carbons (Fsp3) is 0.368. The van der Waals surface area contributed by atoms with Crippen LogP contribution in [0.1, 0.15) is 17.2 Å². The molecule has 0 saturated carbocycles. The number of nitrogens with one attached hydrogen (secondary N) is 1. The lowest BCUT2D eigenvalue weighted by Gasteiger charge is -2.28. The first-order chi connectivity index (χ1) is 13.4. The van der Waals surface area contributed by atoms with Gasteiger partial charge in [-0.15, -0.1) is 12.4 Å². The van der Waals surface area contributed by atoms with E-state index in [0.717, 1.165) is 0 Å². The Labute approximate surface area is 184 Å². The summed E-state index contributed by atoms with van der Waals surface area (Å²) in [6, 6.07) is 5.27. The third-order valence-corrected chi connectivity index (χ3v) is 5.25. The molecule has 1 saturated heterocycles. The first-order valence-corrected chi connectivity index (χ1v) is 9.38. The predicted molar refractivity (Wildman–Crippen MR) is 111 cm³/mol. The van der Waals surface area contributed by atoms with Gasteiger partial charge < -0.3 is 24.7 Å². The molecule has 29 heavy (non-hydrogen) atoms. The van der Waals surface area contributed by atoms with E-state index in [1.807, 2.05) is 0 Å². The summed E-state index contributed by atoms with van der Waals surface area (Å²) in [6.45, 7) is 1.17. The van der Waals surface area contributed by atoms with E-state index in [4.69, 9.17) is 37.4 Å². The fourth-order valence-electron chi connectivity index (χ4n) is 2.88. The summed E-state index contributed by atoms with van der Waals surface area (Å²) < 4.78 is 16.9. The van der Waals surface area contributed by atoms with Crippen LogP contribution in [0.4, 0.5) is 0 Å². The molecule has 10 heteroatoms. The maximum atomic E-state index is 12.5. The van der Waals surface area contributed by atoms with Crippen molar-refractivity contribution < 1.29 is 23.7 Å². The molecule has 158 valence electrons. The quantitative estimate of drug-likeness (QED) is 0.386. The lowest BCUT2D eigenvalue weighted by atomic mass is 10.00. The molecule has 1 N–H and O–H groups in total. The summed E-state index contributed by atoms with van der Waals surface area (Å²) in [6.07, 6.45) is 1.98. The monoisotopic (exact) mass is 462 g/mol. The Hall–Kier alpha value is -1.93. The Morgan fingerprint density at radius 3 is 2.34 bits per heavy atom. The van der Waals surface area contributed by atoms with Crippen LogP contribution >= 0.6 is 35.6 Å². The van der Waals surface area contributed by atoms with E-state index in [-0.39, 0.29) is 40.8 Å². The summed E-state index contributed by atoms with van der Waals surface area (Å²) in [7, 11) is 3.07. The lowest BCUT2D eigenvalue weighted by molar-refractivity contribution is -0.605. The van der Waals surface area contributed by atoms with E-state index in [1.165, 1.54) is 19.5 Å². The maximum absolute atomic E-state index is 12.5. The molecule has 0 amide bonds. The summed E-state index contributed by atoms with van der Waals surface area (Å²) in [5.74, 6) is 0.575. The first-order valence-electron chi connectivity index (χ1n) is 8.62. The number of carbonyl (C=O) groups excluding carboxylic acids is 1. The second-order valence-electron chi connectivity index (χ2n) is 6.39. The van der Waals surface area contributed by atoms with Crippen molar-refractivity contribution in [2.75, 3.05) is 27.3 Å². The number of esters is 1. The van der Waals surface area contributed by atoms with Crippen molar-refractivity contribution in [1.82, 2.24) is 5.32 Å². The lowest BCUT2D eigenvalue weighted by Crippen LogP contribution is -2.47. The normalized spacial score (nSPS) is 14.3. The highest BCUT2D eigenvalue weighted by Gasteiger charge is 2.30. The van der Waals surface area contributed by atoms with E-state index in [9.17, 15) is 10.0 Å². The van der Waals surface area contributed by atoms with Gasteiger partial charge in [0.05, 0.1) is 20.1 Å². The molecule has 3 rings (SSSR count). The van der Waals surface area contributed by atoms with Gasteiger partial charge in [-0.25, -0.2) is 0 Å². The highest BCUT2D eigenvalue weighted by molar-refractivity contribution is 6.35. The highest BCUT2D eigenvalue weighted by atomic mass is 35.5. The van der Waals surface area contributed by atoms with Crippen molar-refractivity contribution in [3.63, 3.8) is 0 Å². The molecule has 1 aliphatic rings. The molecule has 0 aliphatic carbocycles. The van der Waals surface area contributed by atoms with Gasteiger partial charge in [0.2, 0.25) is 0 Å². The molecular weight excluding hydrogens is 443 g/mol. The van der Waals surface area contributed by atoms with Crippen LogP contribution in [0.15, 0.2) is 30.6 Å². The SMILES string of the molecule is COc1ccc(C(Cc2c(Cl)c[n+]([O-])cc2Cl)OC(=O)C2CNC2)cc1OC.Cl. The van der Waals surface area contributed by atoms with Crippen LogP contribution in [0.2, 0.25) is 10.0 Å². The van der Waals surface area contributed by atoms with Gasteiger partial charge >= 0.3 is 5.97 Å². The van der Waals surface area contributed by atoms with Crippen LogP contribution in [0, 0.1) is 11.1 Å². The van der Waals surface area contributed by atoms with Gasteiger partial charge in [0.15, 0.2) is 23.9 Å². The van der Waals surface area contributed by atoms with Crippen LogP contribution in [-0.4, -0.2) is 33.3 Å². The van der Waals surface area contributed by atoms with Gasteiger partial charge in [-0.05, 0) is 17.7 Å². The zero-order valence-corrected chi connectivity index (χ0v) is 18.1. The van der Waals surface area contributed by atoms with Gasteiger partial charge in [0.25, 0.3) is 0 Å². The van der Waals surface area contributed by atoms with Gasteiger partial charge in [-0.1, -0.05) is 29.3 Å². The number of aromatic nitrogens is 1. The average Bonchev–Trinajstić information content (AvgIpc) is 2.61. The van der Waals surface area contributed by atoms with E-state index in [1.54, 1.807) is 25.3 Å². The van der Waals surface area contributed by atoms with E-state index in [2.05, 4.69) is 5.32 Å². The van der Waals surface area contributed by atoms with Crippen LogP contribution in [0.25, 0.3) is 0 Å². The zero-order valence-electron chi connectivity index (χ0n) is 15.8. The second-order valence-corrected chi connectivity index (χ2v) is 7.21. The number of nitrogens with zero attached hydrogens (tertiary/aromatic N) is 1. The second kappa shape index (κ2) is 10.2. The number of rotatable bonds is 7. The standard InChI is InChI=1S/C19H20Cl2N2O5.ClH/c1-26-16-4-3-11(5-18(16)27-2)17(28-19(24)12-7-22-8-12)6-13-14(20)9-23(25)10-15(13)21;/h3-5,9-10,12,17,22H,6-8H2,1-2H3;1H. The molecule has 1 aromatic heterocycles. The third-order valence-electron chi connectivity index (χ3n) is 4.60. The van der Waals surface area contributed by atoms with E-state index >= 15 is 0 Å². The number of hydrogen-bond donors (Lipinski definition) is 1. The summed E-state index contributed by atoms with van der Waals surface area (Å²) in [5, 5.41) is 15.0. The number of ether oxygens (including phenoxy) is 3. The Kier molecular flexibility index (Phi) is 8.22. The van der Waals surface area contributed by atoms with Crippen LogP contribution < -0.4 is 19.5 Å². The minimum atomic E-state index is -0.662. The molecule has 2 aromatic rings. The number of benzene rings is 1. The van der Waals surface area contributed by atoms with Crippen LogP contribution in [0.3, 0.4) is 0 Å². The average molecular weight is 464 g/mol. The highest BCUT2D eigenvalue weighted by Crippen LogP contribution is 2.35. The number of carbonyl (C=O) groups is 1. The van der Waals surface area contributed by atoms with Gasteiger partial charge in [0.1, 0.15) is 16.1 Å². The smallest absolute Gasteiger partial charge is 0.312 e. The fourth-order valence-corrected chi connectivity index (χ4v) is 3.48. The van der Waals surface area contributed by atoms with Crippen molar-refractivity contribution in [3.8, 4) is 11.5 Å². The molecule has 1 fully saturated rings. The van der Waals surface area contributed by atoms with Crippen LogP contribution in [-0.2, 0) is 16.0 Å². The van der Waals surface area contributed by atoms with E-state index in [0.29, 0.717) is 40.4 Å². The number of pyridine rings is 1. The van der Waals surface area contributed by atoms with Crippen molar-refractivity contribution >= 4 is 41.6 Å². The zero-order chi connectivity index (χ0) is 20.3.